The lowest BCUT2D eigenvalue weighted by Gasteiger charge is -2.35. The summed E-state index contributed by atoms with van der Waals surface area (Å²) in [5, 5.41) is 2.79. The van der Waals surface area contributed by atoms with Crippen LogP contribution in [0.4, 0.5) is 0 Å². The molecule has 0 aromatic heterocycles. The lowest BCUT2D eigenvalue weighted by molar-refractivity contribution is -0.155. The van der Waals surface area contributed by atoms with Gasteiger partial charge in [0, 0.05) is 6.42 Å². The number of ether oxygens (including phenoxy) is 1. The van der Waals surface area contributed by atoms with E-state index in [-0.39, 0.29) is 11.9 Å². The molecule has 1 saturated heterocycles. The van der Waals surface area contributed by atoms with Gasteiger partial charge in [0.05, 0.1) is 6.61 Å². The molecule has 1 fully saturated rings. The number of nitrogens with one attached hydrogen (secondary N) is 1. The second kappa shape index (κ2) is 5.68. The van der Waals surface area contributed by atoms with Crippen molar-refractivity contribution in [2.45, 2.75) is 44.6 Å². The Morgan fingerprint density at radius 2 is 2.44 bits per heavy atom. The van der Waals surface area contributed by atoms with Gasteiger partial charge in [0.1, 0.15) is 5.54 Å². The van der Waals surface area contributed by atoms with Crippen molar-refractivity contribution in [2.24, 2.45) is 0 Å². The van der Waals surface area contributed by atoms with E-state index in [9.17, 15) is 9.59 Å². The lowest BCUT2D eigenvalue weighted by atomic mass is 9.84. The largest absolute Gasteiger partial charge is 0.464 e. The van der Waals surface area contributed by atoms with E-state index in [1.54, 1.807) is 13.0 Å². The van der Waals surface area contributed by atoms with Crippen molar-refractivity contribution in [1.82, 2.24) is 5.32 Å². The van der Waals surface area contributed by atoms with Gasteiger partial charge in [0.2, 0.25) is 5.91 Å². The molecular formula is C12H19NO3. The van der Waals surface area contributed by atoms with Gasteiger partial charge in [0.15, 0.2) is 0 Å². The topological polar surface area (TPSA) is 55.4 Å². The molecule has 1 aliphatic heterocycles. The Hall–Kier alpha value is -1.32. The van der Waals surface area contributed by atoms with Crippen molar-refractivity contribution in [3.8, 4) is 0 Å². The summed E-state index contributed by atoms with van der Waals surface area (Å²) < 4.78 is 5.04. The number of amides is 1. The molecule has 1 N–H and O–H groups in total. The number of hydrogen-bond donors (Lipinski definition) is 1. The monoisotopic (exact) mass is 225 g/mol. The Morgan fingerprint density at radius 3 is 3.00 bits per heavy atom. The fraction of sp³-hybridized carbons (Fsp3) is 0.667. The zero-order chi connectivity index (χ0) is 12.0. The van der Waals surface area contributed by atoms with Gasteiger partial charge < -0.3 is 10.1 Å². The minimum absolute atomic E-state index is 0.0663. The summed E-state index contributed by atoms with van der Waals surface area (Å²) in [4.78, 5) is 23.3. The molecule has 0 unspecified atom stereocenters. The van der Waals surface area contributed by atoms with Crippen LogP contribution < -0.4 is 5.32 Å². The first-order valence-corrected chi connectivity index (χ1v) is 5.74. The van der Waals surface area contributed by atoms with Gasteiger partial charge in [-0.2, -0.15) is 0 Å². The Kier molecular flexibility index (Phi) is 4.52. The fourth-order valence-corrected chi connectivity index (χ4v) is 2.00. The van der Waals surface area contributed by atoms with Crippen LogP contribution in [0.1, 0.15) is 39.0 Å². The van der Waals surface area contributed by atoms with Crippen LogP contribution in [0.5, 0.6) is 0 Å². The van der Waals surface area contributed by atoms with Crippen LogP contribution in [-0.2, 0) is 14.3 Å². The second-order valence-corrected chi connectivity index (χ2v) is 4.03. The Balaban J connectivity index is 2.77. The first kappa shape index (κ1) is 12.7. The zero-order valence-corrected chi connectivity index (χ0v) is 9.75. The minimum atomic E-state index is -0.820. The van der Waals surface area contributed by atoms with Crippen molar-refractivity contribution < 1.29 is 14.3 Å². The summed E-state index contributed by atoms with van der Waals surface area (Å²) in [6.45, 7) is 5.74. The maximum Gasteiger partial charge on any atom is 0.331 e. The van der Waals surface area contributed by atoms with Gasteiger partial charge in [-0.15, -0.1) is 6.58 Å². The second-order valence-electron chi connectivity index (χ2n) is 4.03. The van der Waals surface area contributed by atoms with E-state index < -0.39 is 5.54 Å². The lowest BCUT2D eigenvalue weighted by Crippen LogP contribution is -2.57. The summed E-state index contributed by atoms with van der Waals surface area (Å²) in [6, 6.07) is 0. The maximum atomic E-state index is 11.9. The first-order chi connectivity index (χ1) is 7.64. The molecule has 1 heterocycles. The smallest absolute Gasteiger partial charge is 0.331 e. The Morgan fingerprint density at radius 1 is 1.69 bits per heavy atom. The molecule has 0 radical (unpaired) electrons. The molecule has 4 nitrogen and oxygen atoms in total. The molecule has 0 aliphatic carbocycles. The van der Waals surface area contributed by atoms with E-state index in [1.165, 1.54) is 0 Å². The molecule has 0 spiro atoms. The average Bonchev–Trinajstić information content (AvgIpc) is 2.27. The molecule has 1 rings (SSSR count). The van der Waals surface area contributed by atoms with Gasteiger partial charge in [0.25, 0.3) is 0 Å². The van der Waals surface area contributed by atoms with Crippen molar-refractivity contribution in [1.29, 1.82) is 0 Å². The molecule has 1 amide bonds. The summed E-state index contributed by atoms with van der Waals surface area (Å²) in [5.41, 5.74) is -0.820. The van der Waals surface area contributed by atoms with E-state index in [4.69, 9.17) is 4.74 Å². The van der Waals surface area contributed by atoms with E-state index in [2.05, 4.69) is 11.9 Å². The fourth-order valence-electron chi connectivity index (χ4n) is 2.00. The van der Waals surface area contributed by atoms with Crippen LogP contribution >= 0.6 is 0 Å². The molecule has 16 heavy (non-hydrogen) atoms. The highest BCUT2D eigenvalue weighted by molar-refractivity contribution is 5.89. The van der Waals surface area contributed by atoms with Gasteiger partial charge in [-0.3, -0.25) is 4.79 Å². The summed E-state index contributed by atoms with van der Waals surface area (Å²) in [7, 11) is 0. The predicted octanol–water partition coefficient (Wildman–Crippen LogP) is 1.55. The number of hydrogen-bond acceptors (Lipinski definition) is 3. The third kappa shape index (κ3) is 2.84. The number of esters is 1. The number of allylic oxidation sites excluding steroid dienone is 1. The molecule has 0 aromatic rings. The van der Waals surface area contributed by atoms with E-state index in [1.807, 2.05) is 0 Å². The first-order valence-electron chi connectivity index (χ1n) is 5.74. The summed E-state index contributed by atoms with van der Waals surface area (Å²) in [5.74, 6) is -0.381. The van der Waals surface area contributed by atoms with Crippen molar-refractivity contribution in [3.05, 3.63) is 12.7 Å². The molecule has 1 atom stereocenters. The van der Waals surface area contributed by atoms with Crippen LogP contribution in [0, 0.1) is 0 Å². The molecular weight excluding hydrogens is 206 g/mol. The average molecular weight is 225 g/mol. The minimum Gasteiger partial charge on any atom is -0.464 e. The van der Waals surface area contributed by atoms with Crippen LogP contribution in [-0.4, -0.2) is 24.0 Å². The van der Waals surface area contributed by atoms with Gasteiger partial charge >= 0.3 is 5.97 Å². The highest BCUT2D eigenvalue weighted by Crippen LogP contribution is 2.26. The van der Waals surface area contributed by atoms with Gasteiger partial charge in [-0.1, -0.05) is 6.08 Å². The molecule has 90 valence electrons. The van der Waals surface area contributed by atoms with E-state index in [0.29, 0.717) is 32.3 Å². The standard InChI is InChI=1S/C12H19NO3/c1-3-5-8-12(11(15)16-4-2)9-6-7-10(14)13-12/h3H,1,4-9H2,2H3,(H,13,14)/t12-/m1/s1. The number of carbonyl (C=O) groups is 2. The van der Waals surface area contributed by atoms with E-state index in [0.717, 1.165) is 6.42 Å². The zero-order valence-electron chi connectivity index (χ0n) is 9.75. The molecule has 4 heteroatoms. The van der Waals surface area contributed by atoms with Crippen LogP contribution in [0.15, 0.2) is 12.7 Å². The Bertz CT molecular complexity index is 288. The van der Waals surface area contributed by atoms with E-state index >= 15 is 0 Å². The summed E-state index contributed by atoms with van der Waals surface area (Å²) in [6.07, 6.45) is 4.91. The van der Waals surface area contributed by atoms with Crippen LogP contribution in [0.25, 0.3) is 0 Å². The van der Waals surface area contributed by atoms with Crippen LogP contribution in [0.3, 0.4) is 0 Å². The van der Waals surface area contributed by atoms with Crippen molar-refractivity contribution in [3.63, 3.8) is 0 Å². The van der Waals surface area contributed by atoms with Gasteiger partial charge in [-0.25, -0.2) is 4.79 Å². The predicted molar refractivity (Wildman–Crippen MR) is 60.8 cm³/mol. The Labute approximate surface area is 96.0 Å². The normalized spacial score (nSPS) is 24.7. The SMILES string of the molecule is C=CCC[C@]1(C(=O)OCC)CCCC(=O)N1. The van der Waals surface area contributed by atoms with Crippen molar-refractivity contribution >= 4 is 11.9 Å². The highest BCUT2D eigenvalue weighted by atomic mass is 16.5. The maximum absolute atomic E-state index is 11.9. The summed E-state index contributed by atoms with van der Waals surface area (Å²) >= 11 is 0. The number of carbonyl (C=O) groups excluding carboxylic acids is 2. The van der Waals surface area contributed by atoms with Crippen molar-refractivity contribution in [2.75, 3.05) is 6.61 Å². The molecule has 0 saturated carbocycles. The third-order valence-electron chi connectivity index (χ3n) is 2.83. The molecule has 0 aromatic carbocycles. The molecule has 0 bridgehead atoms. The quantitative estimate of drug-likeness (QED) is 0.570. The van der Waals surface area contributed by atoms with Crippen LogP contribution in [0.2, 0.25) is 0 Å². The highest BCUT2D eigenvalue weighted by Gasteiger charge is 2.42. The third-order valence-corrected chi connectivity index (χ3v) is 2.83. The molecule has 1 aliphatic rings. The van der Waals surface area contributed by atoms with Gasteiger partial charge in [-0.05, 0) is 32.6 Å². The number of rotatable bonds is 5. The number of piperidine rings is 1.